The second-order valence-electron chi connectivity index (χ2n) is 5.36. The van der Waals surface area contributed by atoms with Gasteiger partial charge in [-0.1, -0.05) is 30.3 Å². The number of hydrogen-bond acceptors (Lipinski definition) is 3. The van der Waals surface area contributed by atoms with Gasteiger partial charge in [0.15, 0.2) is 0 Å². The highest BCUT2D eigenvalue weighted by molar-refractivity contribution is 5.91. The third kappa shape index (κ3) is 2.50. The third-order valence-electron chi connectivity index (χ3n) is 3.83. The molecule has 0 aliphatic carbocycles. The minimum absolute atomic E-state index is 0.0363. The second-order valence-corrected chi connectivity index (χ2v) is 5.36. The van der Waals surface area contributed by atoms with Gasteiger partial charge in [0.2, 0.25) is 0 Å². The first-order valence-corrected chi connectivity index (χ1v) is 6.96. The quantitative estimate of drug-likeness (QED) is 0.602. The number of carbonyl (C=O) groups excluding carboxylic acids is 1. The van der Waals surface area contributed by atoms with Crippen molar-refractivity contribution in [3.63, 3.8) is 0 Å². The third-order valence-corrected chi connectivity index (χ3v) is 3.83. The van der Waals surface area contributed by atoms with Gasteiger partial charge in [-0.3, -0.25) is 0 Å². The molecule has 1 aromatic rings. The van der Waals surface area contributed by atoms with E-state index >= 15 is 0 Å². The number of carbonyl (C=O) groups is 1. The second kappa shape index (κ2) is 5.08. The number of nitrogens with zero attached hydrogens (tertiary/aromatic N) is 1. The van der Waals surface area contributed by atoms with Crippen LogP contribution in [0.1, 0.15) is 31.7 Å². The highest BCUT2D eigenvalue weighted by Gasteiger charge is 2.32. The summed E-state index contributed by atoms with van der Waals surface area (Å²) in [7, 11) is 0. The lowest BCUT2D eigenvalue weighted by Gasteiger charge is -2.21. The van der Waals surface area contributed by atoms with Gasteiger partial charge in [-0.2, -0.15) is 0 Å². The van der Waals surface area contributed by atoms with Crippen molar-refractivity contribution in [3.05, 3.63) is 47.2 Å². The molecular weight excluding hydrogens is 238 g/mol. The van der Waals surface area contributed by atoms with Gasteiger partial charge in [0, 0.05) is 25.2 Å². The van der Waals surface area contributed by atoms with E-state index in [0.717, 1.165) is 37.9 Å². The zero-order chi connectivity index (χ0) is 13.2. The number of rotatable bonds is 2. The molecule has 2 aliphatic heterocycles. The number of hydrogen-bond donors (Lipinski definition) is 0. The van der Waals surface area contributed by atoms with Crippen molar-refractivity contribution in [2.45, 2.75) is 38.8 Å². The summed E-state index contributed by atoms with van der Waals surface area (Å²) >= 11 is 0. The summed E-state index contributed by atoms with van der Waals surface area (Å²) < 4.78 is 5.26. The van der Waals surface area contributed by atoms with Gasteiger partial charge in [-0.05, 0) is 25.3 Å². The van der Waals surface area contributed by atoms with Crippen LogP contribution < -0.4 is 0 Å². The monoisotopic (exact) mass is 257 g/mol. The lowest BCUT2D eigenvalue weighted by atomic mass is 10.1. The molecular formula is C16H19NO2. The molecule has 2 aliphatic rings. The lowest BCUT2D eigenvalue weighted by molar-refractivity contribution is -0.138. The Balaban J connectivity index is 1.82. The van der Waals surface area contributed by atoms with Crippen LogP contribution in [0.4, 0.5) is 0 Å². The highest BCUT2D eigenvalue weighted by Crippen LogP contribution is 2.32. The molecule has 3 nitrogen and oxygen atoms in total. The number of ether oxygens (including phenoxy) is 1. The van der Waals surface area contributed by atoms with E-state index in [2.05, 4.69) is 29.2 Å². The summed E-state index contributed by atoms with van der Waals surface area (Å²) in [5.74, 6) is -0.109. The van der Waals surface area contributed by atoms with Gasteiger partial charge in [0.05, 0.1) is 5.57 Å². The Kier molecular flexibility index (Phi) is 3.28. The zero-order valence-corrected chi connectivity index (χ0v) is 11.3. The highest BCUT2D eigenvalue weighted by atomic mass is 16.5. The standard InChI is InChI=1S/C16H19NO2/c1-12-10-14(16(18)19-12)15-8-5-9-17(15)11-13-6-3-2-4-7-13/h2-4,6-7,12H,5,8-11H2,1H3/b15-14-. The fraction of sp³-hybridized carbons (Fsp3) is 0.438. The number of esters is 1. The molecule has 2 heterocycles. The van der Waals surface area contributed by atoms with Crippen molar-refractivity contribution in [2.24, 2.45) is 0 Å². The molecule has 3 heteroatoms. The molecule has 100 valence electrons. The molecule has 0 radical (unpaired) electrons. The van der Waals surface area contributed by atoms with Crippen LogP contribution in [0.15, 0.2) is 41.6 Å². The molecule has 0 saturated carbocycles. The van der Waals surface area contributed by atoms with E-state index in [4.69, 9.17) is 4.74 Å². The Hall–Kier alpha value is -1.77. The van der Waals surface area contributed by atoms with Crippen LogP contribution in [0.2, 0.25) is 0 Å². The normalized spacial score (nSPS) is 26.9. The van der Waals surface area contributed by atoms with Crippen molar-refractivity contribution >= 4 is 5.97 Å². The molecule has 1 unspecified atom stereocenters. The van der Waals surface area contributed by atoms with Crippen LogP contribution >= 0.6 is 0 Å². The van der Waals surface area contributed by atoms with E-state index in [1.165, 1.54) is 11.3 Å². The summed E-state index contributed by atoms with van der Waals surface area (Å²) in [5, 5.41) is 0. The van der Waals surface area contributed by atoms with Crippen molar-refractivity contribution in [2.75, 3.05) is 6.54 Å². The van der Waals surface area contributed by atoms with E-state index in [-0.39, 0.29) is 12.1 Å². The molecule has 1 aromatic carbocycles. The zero-order valence-electron chi connectivity index (χ0n) is 11.3. The Morgan fingerprint density at radius 1 is 1.32 bits per heavy atom. The van der Waals surface area contributed by atoms with Gasteiger partial charge < -0.3 is 9.64 Å². The number of cyclic esters (lactones) is 1. The largest absolute Gasteiger partial charge is 0.459 e. The Labute approximate surface area is 113 Å². The number of likely N-dealkylation sites (tertiary alicyclic amines) is 1. The minimum Gasteiger partial charge on any atom is -0.459 e. The number of allylic oxidation sites excluding steroid dienone is 1. The maximum atomic E-state index is 11.9. The Morgan fingerprint density at radius 3 is 2.79 bits per heavy atom. The molecule has 0 N–H and O–H groups in total. The van der Waals surface area contributed by atoms with Gasteiger partial charge in [0.25, 0.3) is 0 Å². The minimum atomic E-state index is -0.109. The maximum Gasteiger partial charge on any atom is 0.336 e. The van der Waals surface area contributed by atoms with Gasteiger partial charge in [-0.25, -0.2) is 4.79 Å². The predicted octanol–water partition coefficient (Wildman–Crippen LogP) is 2.87. The van der Waals surface area contributed by atoms with Crippen LogP contribution in [-0.2, 0) is 16.1 Å². The first kappa shape index (κ1) is 12.3. The van der Waals surface area contributed by atoms with Crippen molar-refractivity contribution in [1.82, 2.24) is 4.90 Å². The molecule has 0 bridgehead atoms. The van der Waals surface area contributed by atoms with Crippen LogP contribution in [0.25, 0.3) is 0 Å². The van der Waals surface area contributed by atoms with Crippen molar-refractivity contribution in [1.29, 1.82) is 0 Å². The Bertz CT molecular complexity index is 507. The molecule has 0 amide bonds. The maximum absolute atomic E-state index is 11.9. The van der Waals surface area contributed by atoms with Crippen molar-refractivity contribution in [3.8, 4) is 0 Å². The molecule has 2 saturated heterocycles. The summed E-state index contributed by atoms with van der Waals surface area (Å²) in [6.45, 7) is 3.89. The van der Waals surface area contributed by atoms with Crippen LogP contribution in [0.5, 0.6) is 0 Å². The molecule has 0 spiro atoms. The van der Waals surface area contributed by atoms with E-state index < -0.39 is 0 Å². The van der Waals surface area contributed by atoms with Gasteiger partial charge in [0.1, 0.15) is 6.10 Å². The van der Waals surface area contributed by atoms with Crippen LogP contribution in [0, 0.1) is 0 Å². The smallest absolute Gasteiger partial charge is 0.336 e. The van der Waals surface area contributed by atoms with Crippen molar-refractivity contribution < 1.29 is 9.53 Å². The first-order valence-electron chi connectivity index (χ1n) is 6.96. The SMILES string of the molecule is CC1C/C(=C2\CCCN2Cc2ccccc2)C(=O)O1. The van der Waals surface area contributed by atoms with Gasteiger partial charge in [-0.15, -0.1) is 0 Å². The average Bonchev–Trinajstić information content (AvgIpc) is 2.97. The lowest BCUT2D eigenvalue weighted by Crippen LogP contribution is -2.19. The summed E-state index contributed by atoms with van der Waals surface area (Å²) in [5.41, 5.74) is 3.40. The van der Waals surface area contributed by atoms with Crippen LogP contribution in [0.3, 0.4) is 0 Å². The summed E-state index contributed by atoms with van der Waals surface area (Å²) in [6, 6.07) is 10.4. The first-order chi connectivity index (χ1) is 9.24. The molecule has 19 heavy (non-hydrogen) atoms. The van der Waals surface area contributed by atoms with E-state index in [0.29, 0.717) is 0 Å². The number of benzene rings is 1. The molecule has 1 atom stereocenters. The van der Waals surface area contributed by atoms with E-state index in [9.17, 15) is 4.79 Å². The van der Waals surface area contributed by atoms with Gasteiger partial charge >= 0.3 is 5.97 Å². The fourth-order valence-electron chi connectivity index (χ4n) is 2.95. The van der Waals surface area contributed by atoms with Crippen LogP contribution in [-0.4, -0.2) is 23.5 Å². The van der Waals surface area contributed by atoms with E-state index in [1.807, 2.05) is 13.0 Å². The predicted molar refractivity (Wildman–Crippen MR) is 73.3 cm³/mol. The average molecular weight is 257 g/mol. The van der Waals surface area contributed by atoms with E-state index in [1.54, 1.807) is 0 Å². The topological polar surface area (TPSA) is 29.5 Å². The Morgan fingerprint density at radius 2 is 2.11 bits per heavy atom. The molecule has 3 rings (SSSR count). The summed E-state index contributed by atoms with van der Waals surface area (Å²) in [6.07, 6.45) is 2.94. The summed E-state index contributed by atoms with van der Waals surface area (Å²) in [4.78, 5) is 14.2. The fourth-order valence-corrected chi connectivity index (χ4v) is 2.95. The molecule has 0 aromatic heterocycles. The molecule has 2 fully saturated rings.